The van der Waals surface area contributed by atoms with Gasteiger partial charge in [-0.25, -0.2) is 0 Å². The molecular weight excluding hydrogens is 476 g/mol. The van der Waals surface area contributed by atoms with E-state index >= 15 is 0 Å². The van der Waals surface area contributed by atoms with E-state index in [0.29, 0.717) is 37.0 Å². The van der Waals surface area contributed by atoms with Gasteiger partial charge in [-0.05, 0) is 68.7 Å². The minimum Gasteiger partial charge on any atom is -0.396 e. The summed E-state index contributed by atoms with van der Waals surface area (Å²) >= 11 is 0. The number of allylic oxidation sites excluding steroid dienone is 4. The Balaban J connectivity index is 1.50. The van der Waals surface area contributed by atoms with Crippen LogP contribution in [-0.2, 0) is 11.2 Å². The van der Waals surface area contributed by atoms with Gasteiger partial charge in [0.05, 0.1) is 11.4 Å². The molecule has 2 aliphatic carbocycles. The molecule has 0 amide bonds. The second kappa shape index (κ2) is 13.9. The average molecular weight is 517 g/mol. The summed E-state index contributed by atoms with van der Waals surface area (Å²) in [5, 5.41) is 37.5. The van der Waals surface area contributed by atoms with Gasteiger partial charge in [-0.3, -0.25) is 9.59 Å². The van der Waals surface area contributed by atoms with Crippen molar-refractivity contribution in [2.75, 3.05) is 11.9 Å². The van der Waals surface area contributed by atoms with E-state index in [1.807, 2.05) is 37.3 Å². The van der Waals surface area contributed by atoms with Gasteiger partial charge in [0, 0.05) is 60.4 Å². The first kappa shape index (κ1) is 29.1. The molecule has 0 heterocycles. The highest BCUT2D eigenvalue weighted by atomic mass is 16.3. The first-order valence-corrected chi connectivity index (χ1v) is 13.5. The van der Waals surface area contributed by atoms with E-state index in [-0.39, 0.29) is 60.7 Å². The van der Waals surface area contributed by atoms with Crippen LogP contribution in [-0.4, -0.2) is 40.4 Å². The van der Waals surface area contributed by atoms with E-state index in [1.165, 1.54) is 0 Å². The smallest absolute Gasteiger partial charge is 0.168 e. The van der Waals surface area contributed by atoms with Gasteiger partial charge in [0.2, 0.25) is 0 Å². The molecule has 0 saturated heterocycles. The maximum atomic E-state index is 13.0. The minimum atomic E-state index is -0.148. The second-order valence-corrected chi connectivity index (χ2v) is 10.3. The number of Topliss-reactive ketones (excluding diaryl/α,β-unsaturated/α-hetero) is 2. The van der Waals surface area contributed by atoms with Crippen molar-refractivity contribution in [1.29, 1.82) is 16.2 Å². The molecule has 0 bridgehead atoms. The van der Waals surface area contributed by atoms with Gasteiger partial charge >= 0.3 is 0 Å². The Morgan fingerprint density at radius 1 is 1.13 bits per heavy atom. The SMILES string of the molecule is C=C1CCC(C(=O)CC(=N)CCC(=N)CC(=O)c2ccc(NC3=CCC=CCC3=N)cc2CC)C[C@H]1CO. The van der Waals surface area contributed by atoms with E-state index in [9.17, 15) is 14.7 Å². The molecule has 0 aliphatic heterocycles. The molecule has 1 unspecified atom stereocenters. The van der Waals surface area contributed by atoms with Crippen molar-refractivity contribution in [3.05, 3.63) is 65.4 Å². The highest BCUT2D eigenvalue weighted by Crippen LogP contribution is 2.33. The summed E-state index contributed by atoms with van der Waals surface area (Å²) in [5.41, 5.74) is 5.16. The van der Waals surface area contributed by atoms with E-state index in [4.69, 9.17) is 16.2 Å². The lowest BCUT2D eigenvalue weighted by Crippen LogP contribution is -2.27. The first-order chi connectivity index (χ1) is 18.2. The van der Waals surface area contributed by atoms with Gasteiger partial charge in [-0.1, -0.05) is 37.3 Å². The Hall–Kier alpha value is -3.45. The molecule has 0 radical (unpaired) electrons. The lowest BCUT2D eigenvalue weighted by atomic mass is 9.76. The summed E-state index contributed by atoms with van der Waals surface area (Å²) < 4.78 is 0. The number of ketones is 2. The van der Waals surface area contributed by atoms with Crippen molar-refractivity contribution < 1.29 is 14.7 Å². The molecule has 5 N–H and O–H groups in total. The summed E-state index contributed by atoms with van der Waals surface area (Å²) in [6.45, 7) is 5.97. The third kappa shape index (κ3) is 8.02. The normalized spacial score (nSPS) is 19.5. The number of hydrogen-bond acceptors (Lipinski definition) is 7. The molecule has 7 heteroatoms. The standard InChI is InChI=1S/C31H40N4O3/c1-3-21-16-26(35-29-8-6-4-5-7-28(29)34)13-14-27(21)31(38)18-25(33)12-11-24(32)17-30(37)22-10-9-20(2)23(15-22)19-36/h4-5,8,13-14,16,22-23,32-36H,2-3,6-7,9-12,15,17-19H2,1H3/t22?,23-/m0/s1. The molecule has 202 valence electrons. The number of rotatable bonds is 13. The topological polar surface area (TPSA) is 138 Å². The second-order valence-electron chi connectivity index (χ2n) is 10.3. The Morgan fingerprint density at radius 3 is 2.58 bits per heavy atom. The largest absolute Gasteiger partial charge is 0.396 e. The number of carbonyl (C=O) groups is 2. The first-order valence-electron chi connectivity index (χ1n) is 13.5. The van der Waals surface area contributed by atoms with Crippen LogP contribution in [0.5, 0.6) is 0 Å². The fraction of sp³-hybridized carbons (Fsp3) is 0.452. The zero-order valence-electron chi connectivity index (χ0n) is 22.4. The van der Waals surface area contributed by atoms with Crippen LogP contribution in [0.1, 0.15) is 80.6 Å². The zero-order chi connectivity index (χ0) is 27.7. The van der Waals surface area contributed by atoms with Crippen LogP contribution in [0.4, 0.5) is 5.69 Å². The van der Waals surface area contributed by atoms with Gasteiger partial charge in [-0.2, -0.15) is 0 Å². The van der Waals surface area contributed by atoms with Crippen molar-refractivity contribution in [3.63, 3.8) is 0 Å². The summed E-state index contributed by atoms with van der Waals surface area (Å²) in [6.07, 6.45) is 10.7. The number of carbonyl (C=O) groups excluding carboxylic acids is 2. The number of aryl methyl sites for hydroxylation is 1. The van der Waals surface area contributed by atoms with Gasteiger partial charge in [0.25, 0.3) is 0 Å². The van der Waals surface area contributed by atoms with Crippen molar-refractivity contribution in [3.8, 4) is 0 Å². The summed E-state index contributed by atoms with van der Waals surface area (Å²) in [5.74, 6) is -0.284. The van der Waals surface area contributed by atoms with Crippen LogP contribution in [0.15, 0.2) is 54.3 Å². The Morgan fingerprint density at radius 2 is 1.87 bits per heavy atom. The number of aliphatic hydroxyl groups is 1. The molecule has 1 aromatic carbocycles. The van der Waals surface area contributed by atoms with E-state index < -0.39 is 0 Å². The van der Waals surface area contributed by atoms with Crippen LogP contribution in [0.3, 0.4) is 0 Å². The van der Waals surface area contributed by atoms with Crippen molar-refractivity contribution in [2.24, 2.45) is 11.8 Å². The van der Waals surface area contributed by atoms with Gasteiger partial charge in [-0.15, -0.1) is 0 Å². The third-order valence-corrected chi connectivity index (χ3v) is 7.46. The van der Waals surface area contributed by atoms with Crippen LogP contribution < -0.4 is 5.32 Å². The molecule has 7 nitrogen and oxygen atoms in total. The predicted molar refractivity (Wildman–Crippen MR) is 154 cm³/mol. The fourth-order valence-electron chi connectivity index (χ4n) is 5.04. The molecular formula is C31H40N4O3. The van der Waals surface area contributed by atoms with Crippen molar-refractivity contribution >= 4 is 34.4 Å². The maximum absolute atomic E-state index is 13.0. The molecule has 1 fully saturated rings. The molecule has 38 heavy (non-hydrogen) atoms. The quantitative estimate of drug-likeness (QED) is 0.120. The Labute approximate surface area is 225 Å². The number of nitrogens with one attached hydrogen (secondary N) is 4. The summed E-state index contributed by atoms with van der Waals surface area (Å²) in [7, 11) is 0. The van der Waals surface area contributed by atoms with Gasteiger partial charge in [0.1, 0.15) is 5.78 Å². The third-order valence-electron chi connectivity index (χ3n) is 7.46. The van der Waals surface area contributed by atoms with Crippen molar-refractivity contribution in [1.82, 2.24) is 0 Å². The lowest BCUT2D eigenvalue weighted by molar-refractivity contribution is -0.122. The molecule has 1 saturated carbocycles. The average Bonchev–Trinajstić information content (AvgIpc) is 3.11. The highest BCUT2D eigenvalue weighted by Gasteiger charge is 2.29. The molecule has 3 rings (SSSR count). The molecule has 0 spiro atoms. The van der Waals surface area contributed by atoms with Crippen LogP contribution in [0.2, 0.25) is 0 Å². The van der Waals surface area contributed by atoms with Crippen molar-refractivity contribution in [2.45, 2.75) is 71.1 Å². The number of benzene rings is 1. The van der Waals surface area contributed by atoms with E-state index in [2.05, 4.69) is 11.9 Å². The molecule has 1 aromatic rings. The van der Waals surface area contributed by atoms with E-state index in [1.54, 1.807) is 6.07 Å². The monoisotopic (exact) mass is 516 g/mol. The number of aliphatic hydroxyl groups excluding tert-OH is 1. The zero-order valence-corrected chi connectivity index (χ0v) is 22.4. The number of anilines is 1. The Bertz CT molecular complexity index is 1180. The fourth-order valence-corrected chi connectivity index (χ4v) is 5.04. The Kier molecular flexibility index (Phi) is 10.7. The summed E-state index contributed by atoms with van der Waals surface area (Å²) in [6, 6.07) is 5.56. The van der Waals surface area contributed by atoms with Crippen LogP contribution in [0, 0.1) is 28.1 Å². The lowest BCUT2D eigenvalue weighted by Gasteiger charge is -2.29. The highest BCUT2D eigenvalue weighted by molar-refractivity contribution is 6.11. The van der Waals surface area contributed by atoms with Crippen LogP contribution >= 0.6 is 0 Å². The van der Waals surface area contributed by atoms with Crippen LogP contribution in [0.25, 0.3) is 0 Å². The number of hydrogen-bond donors (Lipinski definition) is 5. The summed E-state index contributed by atoms with van der Waals surface area (Å²) in [4.78, 5) is 25.7. The predicted octanol–water partition coefficient (Wildman–Crippen LogP) is 6.23. The van der Waals surface area contributed by atoms with Gasteiger partial charge < -0.3 is 26.7 Å². The molecule has 0 aromatic heterocycles. The minimum absolute atomic E-state index is 0.00471. The maximum Gasteiger partial charge on any atom is 0.168 e. The molecule has 2 aliphatic rings. The molecule has 2 atom stereocenters. The van der Waals surface area contributed by atoms with E-state index in [0.717, 1.165) is 41.8 Å². The van der Waals surface area contributed by atoms with Gasteiger partial charge in [0.15, 0.2) is 5.78 Å².